The van der Waals surface area contributed by atoms with E-state index in [2.05, 4.69) is 0 Å². The Hall–Kier alpha value is -1.46. The fourth-order valence-corrected chi connectivity index (χ4v) is 3.31. The van der Waals surface area contributed by atoms with Crippen molar-refractivity contribution in [1.29, 1.82) is 0 Å². The first-order valence-corrected chi connectivity index (χ1v) is 9.08. The molecule has 7 heteroatoms. The maximum absolute atomic E-state index is 12.8. The first-order chi connectivity index (χ1) is 11.6. The summed E-state index contributed by atoms with van der Waals surface area (Å²) < 4.78 is 5.46. The number of halogens is 2. The predicted octanol–water partition coefficient (Wildman–Crippen LogP) is 4.36. The van der Waals surface area contributed by atoms with Crippen LogP contribution in [0.4, 0.5) is 10.5 Å². The number of amides is 2. The van der Waals surface area contributed by atoms with E-state index in [1.165, 1.54) is 4.90 Å². The van der Waals surface area contributed by atoms with Gasteiger partial charge in [-0.15, -0.1) is 0 Å². The van der Waals surface area contributed by atoms with Crippen molar-refractivity contribution >= 4 is 40.9 Å². The Kier molecular flexibility index (Phi) is 4.67. The van der Waals surface area contributed by atoms with E-state index in [0.29, 0.717) is 28.8 Å². The minimum absolute atomic E-state index is 0.00307. The van der Waals surface area contributed by atoms with Gasteiger partial charge in [-0.3, -0.25) is 9.69 Å². The lowest BCUT2D eigenvalue weighted by Crippen LogP contribution is -2.42. The molecule has 0 unspecified atom stereocenters. The van der Waals surface area contributed by atoms with Crippen LogP contribution in [0.3, 0.4) is 0 Å². The van der Waals surface area contributed by atoms with E-state index < -0.39 is 11.7 Å². The van der Waals surface area contributed by atoms with Crippen molar-refractivity contribution in [2.24, 2.45) is 5.41 Å². The molecule has 1 aromatic rings. The molecule has 2 amide bonds. The molecule has 1 aliphatic heterocycles. The van der Waals surface area contributed by atoms with Crippen LogP contribution < -0.4 is 4.90 Å². The van der Waals surface area contributed by atoms with E-state index in [1.807, 2.05) is 20.8 Å². The van der Waals surface area contributed by atoms with Gasteiger partial charge < -0.3 is 9.64 Å². The van der Waals surface area contributed by atoms with Crippen LogP contribution >= 0.6 is 23.2 Å². The molecule has 136 valence electrons. The van der Waals surface area contributed by atoms with Gasteiger partial charge in [0.2, 0.25) is 5.91 Å². The van der Waals surface area contributed by atoms with Crippen LogP contribution in [0, 0.1) is 5.41 Å². The van der Waals surface area contributed by atoms with Crippen molar-refractivity contribution in [2.75, 3.05) is 24.5 Å². The largest absolute Gasteiger partial charge is 0.444 e. The van der Waals surface area contributed by atoms with Crippen LogP contribution in [0.25, 0.3) is 0 Å². The minimum atomic E-state index is -0.591. The van der Waals surface area contributed by atoms with E-state index in [9.17, 15) is 9.59 Å². The highest BCUT2D eigenvalue weighted by Gasteiger charge is 2.50. The van der Waals surface area contributed by atoms with Gasteiger partial charge in [-0.25, -0.2) is 4.79 Å². The molecule has 3 rings (SSSR count). The number of rotatable bonds is 1. The number of carbonyl (C=O) groups is 2. The van der Waals surface area contributed by atoms with Crippen molar-refractivity contribution in [1.82, 2.24) is 4.90 Å². The summed E-state index contributed by atoms with van der Waals surface area (Å²) in [5.41, 5.74) is 0.0542. The number of hydrogen-bond acceptors (Lipinski definition) is 3. The van der Waals surface area contributed by atoms with Crippen LogP contribution in [0.5, 0.6) is 0 Å². The molecule has 1 saturated heterocycles. The van der Waals surface area contributed by atoms with E-state index in [-0.39, 0.29) is 17.9 Å². The summed E-state index contributed by atoms with van der Waals surface area (Å²) in [6.07, 6.45) is 1.53. The summed E-state index contributed by atoms with van der Waals surface area (Å²) in [6.45, 7) is 6.56. The van der Waals surface area contributed by atoms with E-state index >= 15 is 0 Å². The molecular formula is C18H22Cl2N2O3. The predicted molar refractivity (Wildman–Crippen MR) is 98.3 cm³/mol. The van der Waals surface area contributed by atoms with Crippen molar-refractivity contribution in [2.45, 2.75) is 39.2 Å². The summed E-state index contributed by atoms with van der Waals surface area (Å²) in [7, 11) is 0. The number of nitrogens with zero attached hydrogens (tertiary/aromatic N) is 2. The zero-order valence-electron chi connectivity index (χ0n) is 14.6. The average Bonchev–Trinajstić information content (AvgIpc) is 3.27. The van der Waals surface area contributed by atoms with E-state index in [4.69, 9.17) is 27.9 Å². The summed E-state index contributed by atoms with van der Waals surface area (Å²) in [6, 6.07) is 5.16. The summed E-state index contributed by atoms with van der Waals surface area (Å²) in [5.74, 6) is -0.145. The highest BCUT2D eigenvalue weighted by molar-refractivity contribution is 6.42. The second-order valence-electron chi connectivity index (χ2n) is 7.91. The van der Waals surface area contributed by atoms with Gasteiger partial charge in [-0.2, -0.15) is 0 Å². The maximum Gasteiger partial charge on any atom is 0.410 e. The molecule has 1 heterocycles. The van der Waals surface area contributed by atoms with Crippen LogP contribution in [-0.4, -0.2) is 42.1 Å². The normalized spacial score (nSPS) is 19.8. The monoisotopic (exact) mass is 384 g/mol. The lowest BCUT2D eigenvalue weighted by Gasteiger charge is -2.27. The van der Waals surface area contributed by atoms with Gasteiger partial charge in [0.05, 0.1) is 10.0 Å². The van der Waals surface area contributed by atoms with E-state index in [0.717, 1.165) is 12.8 Å². The number of hydrogen-bond donors (Lipinski definition) is 0. The first-order valence-electron chi connectivity index (χ1n) is 8.32. The number of carbonyl (C=O) groups excluding carboxylic acids is 2. The SMILES string of the molecule is CC(C)(C)OC(=O)N1CC(=O)N(c2ccc(Cl)c(Cl)c2)CC2(CC2)C1. The molecule has 1 aromatic carbocycles. The Labute approximate surface area is 157 Å². The second-order valence-corrected chi connectivity index (χ2v) is 8.73. The molecule has 2 fully saturated rings. The zero-order valence-corrected chi connectivity index (χ0v) is 16.2. The molecule has 0 atom stereocenters. The van der Waals surface area contributed by atoms with Crippen molar-refractivity contribution in [3.63, 3.8) is 0 Å². The van der Waals surface area contributed by atoms with Gasteiger partial charge in [0.15, 0.2) is 0 Å². The third kappa shape index (κ3) is 4.21. The molecule has 0 bridgehead atoms. The minimum Gasteiger partial charge on any atom is -0.444 e. The Balaban J connectivity index is 1.84. The van der Waals surface area contributed by atoms with Crippen molar-refractivity contribution < 1.29 is 14.3 Å². The molecule has 2 aliphatic rings. The van der Waals surface area contributed by atoms with Gasteiger partial charge in [-0.1, -0.05) is 23.2 Å². The summed E-state index contributed by atoms with van der Waals surface area (Å²) in [5, 5.41) is 0.856. The van der Waals surface area contributed by atoms with Gasteiger partial charge in [0, 0.05) is 24.2 Å². The molecule has 1 saturated carbocycles. The molecule has 1 spiro atoms. The smallest absolute Gasteiger partial charge is 0.410 e. The highest BCUT2D eigenvalue weighted by atomic mass is 35.5. The molecule has 0 aromatic heterocycles. The lowest BCUT2D eigenvalue weighted by molar-refractivity contribution is -0.119. The third-order valence-electron chi connectivity index (χ3n) is 4.47. The molecule has 5 nitrogen and oxygen atoms in total. The lowest BCUT2D eigenvalue weighted by atomic mass is 10.1. The Morgan fingerprint density at radius 1 is 1.16 bits per heavy atom. The molecule has 0 radical (unpaired) electrons. The van der Waals surface area contributed by atoms with Gasteiger partial charge in [-0.05, 0) is 51.8 Å². The number of anilines is 1. The Morgan fingerprint density at radius 2 is 1.84 bits per heavy atom. The standard InChI is InChI=1S/C18H22Cl2N2O3/c1-17(2,3)25-16(24)21-9-15(23)22(11-18(10-21)6-7-18)12-4-5-13(19)14(20)8-12/h4-5,8H,6-7,9-11H2,1-3H3. The quantitative estimate of drug-likeness (QED) is 0.722. The van der Waals surface area contributed by atoms with Gasteiger partial charge in [0.25, 0.3) is 0 Å². The zero-order chi connectivity index (χ0) is 18.4. The van der Waals surface area contributed by atoms with Crippen LogP contribution in [-0.2, 0) is 9.53 Å². The van der Waals surface area contributed by atoms with Crippen LogP contribution in [0.2, 0.25) is 10.0 Å². The summed E-state index contributed by atoms with van der Waals surface area (Å²) >= 11 is 12.1. The molecule has 0 N–H and O–H groups in total. The van der Waals surface area contributed by atoms with Gasteiger partial charge >= 0.3 is 6.09 Å². The Morgan fingerprint density at radius 3 is 2.40 bits per heavy atom. The van der Waals surface area contributed by atoms with Crippen molar-refractivity contribution in [3.8, 4) is 0 Å². The van der Waals surface area contributed by atoms with Gasteiger partial charge in [0.1, 0.15) is 12.1 Å². The summed E-state index contributed by atoms with van der Waals surface area (Å²) in [4.78, 5) is 28.5. The average molecular weight is 385 g/mol. The highest BCUT2D eigenvalue weighted by Crippen LogP contribution is 2.49. The number of ether oxygens (including phenoxy) is 1. The number of benzene rings is 1. The van der Waals surface area contributed by atoms with Crippen LogP contribution in [0.1, 0.15) is 33.6 Å². The van der Waals surface area contributed by atoms with Crippen LogP contribution in [0.15, 0.2) is 18.2 Å². The topological polar surface area (TPSA) is 49.9 Å². The Bertz CT molecular complexity index is 711. The third-order valence-corrected chi connectivity index (χ3v) is 5.21. The van der Waals surface area contributed by atoms with E-state index in [1.54, 1.807) is 23.1 Å². The first kappa shape index (κ1) is 18.3. The van der Waals surface area contributed by atoms with Crippen molar-refractivity contribution in [3.05, 3.63) is 28.2 Å². The fourth-order valence-electron chi connectivity index (χ4n) is 3.02. The molecule has 1 aliphatic carbocycles. The second kappa shape index (κ2) is 6.36. The fraction of sp³-hybridized carbons (Fsp3) is 0.556. The molecule has 25 heavy (non-hydrogen) atoms. The molecular weight excluding hydrogens is 363 g/mol. The maximum atomic E-state index is 12.8.